The van der Waals surface area contributed by atoms with E-state index < -0.39 is 0 Å². The summed E-state index contributed by atoms with van der Waals surface area (Å²) in [5.41, 5.74) is 5.14. The molecular weight excluding hydrogens is 392 g/mol. The molecule has 154 valence electrons. The lowest BCUT2D eigenvalue weighted by Crippen LogP contribution is -1.99. The number of hydrogen-bond donors (Lipinski definition) is 0. The number of ketones is 2. The van der Waals surface area contributed by atoms with Crippen LogP contribution in [0.2, 0.25) is 0 Å². The fraction of sp³-hybridized carbons (Fsp3) is 0.154. The fourth-order valence-electron chi connectivity index (χ4n) is 4.00. The second kappa shape index (κ2) is 7.13. The van der Waals surface area contributed by atoms with Gasteiger partial charge in [-0.3, -0.25) is 9.59 Å². The van der Waals surface area contributed by atoms with Gasteiger partial charge in [-0.05, 0) is 66.9 Å². The molecule has 2 aromatic carbocycles. The number of fused-ring (bicyclic) bond motifs is 2. The van der Waals surface area contributed by atoms with Gasteiger partial charge in [-0.1, -0.05) is 6.92 Å². The summed E-state index contributed by atoms with van der Waals surface area (Å²) in [6.45, 7) is 3.99. The summed E-state index contributed by atoms with van der Waals surface area (Å²) in [5.74, 6) is 1.31. The van der Waals surface area contributed by atoms with Crippen molar-refractivity contribution in [3.8, 4) is 17.1 Å². The maximum absolute atomic E-state index is 12.9. The zero-order valence-electron chi connectivity index (χ0n) is 17.4. The van der Waals surface area contributed by atoms with Gasteiger partial charge in [-0.15, -0.1) is 0 Å². The predicted molar refractivity (Wildman–Crippen MR) is 118 cm³/mol. The van der Waals surface area contributed by atoms with Gasteiger partial charge in [0.1, 0.15) is 17.3 Å². The van der Waals surface area contributed by atoms with E-state index in [9.17, 15) is 9.59 Å². The first kappa shape index (κ1) is 19.1. The number of hydrogen-bond acceptors (Lipinski definition) is 5. The minimum Gasteiger partial charge on any atom is -0.497 e. The number of ether oxygens (including phenoxy) is 1. The molecule has 0 amide bonds. The van der Waals surface area contributed by atoms with Crippen LogP contribution in [0.25, 0.3) is 28.6 Å². The molecular formula is C26H20O5. The Bertz CT molecular complexity index is 1350. The number of Topliss-reactive ketones (excluding diaryl/α,β-unsaturated/α-hetero) is 2. The molecule has 0 saturated carbocycles. The molecule has 2 heterocycles. The Morgan fingerprint density at radius 3 is 2.23 bits per heavy atom. The summed E-state index contributed by atoms with van der Waals surface area (Å²) in [5, 5.41) is 0. The minimum atomic E-state index is -0.266. The van der Waals surface area contributed by atoms with Gasteiger partial charge in [0.05, 0.1) is 12.7 Å². The molecule has 0 aliphatic heterocycles. The van der Waals surface area contributed by atoms with Gasteiger partial charge in [0.2, 0.25) is 0 Å². The van der Waals surface area contributed by atoms with Crippen LogP contribution in [0.15, 0.2) is 62.9 Å². The van der Waals surface area contributed by atoms with Gasteiger partial charge in [-0.2, -0.15) is 0 Å². The molecule has 1 aliphatic rings. The lowest BCUT2D eigenvalue weighted by Gasteiger charge is -2.04. The van der Waals surface area contributed by atoms with E-state index in [4.69, 9.17) is 13.6 Å². The molecule has 0 unspecified atom stereocenters. The smallest absolute Gasteiger partial charge is 0.197 e. The van der Waals surface area contributed by atoms with Crippen molar-refractivity contribution in [3.05, 3.63) is 82.1 Å². The molecule has 0 N–H and O–H groups in total. The summed E-state index contributed by atoms with van der Waals surface area (Å²) < 4.78 is 16.9. The number of carbonyl (C=O) groups is 2. The molecule has 0 saturated heterocycles. The summed E-state index contributed by atoms with van der Waals surface area (Å²) in [6, 6.07) is 14.7. The molecule has 0 fully saturated rings. The Hall–Kier alpha value is -3.86. The van der Waals surface area contributed by atoms with Gasteiger partial charge in [0, 0.05) is 28.8 Å². The van der Waals surface area contributed by atoms with E-state index in [0.29, 0.717) is 33.8 Å². The first-order valence-electron chi connectivity index (χ1n) is 10.1. The van der Waals surface area contributed by atoms with E-state index >= 15 is 0 Å². The topological polar surface area (TPSA) is 69.7 Å². The molecule has 5 rings (SSSR count). The van der Waals surface area contributed by atoms with Gasteiger partial charge < -0.3 is 13.6 Å². The maximum atomic E-state index is 12.9. The fourth-order valence-corrected chi connectivity index (χ4v) is 4.00. The van der Waals surface area contributed by atoms with Crippen LogP contribution in [-0.2, 0) is 6.42 Å². The SMILES string of the molecule is CCc1cc2c(cc1C)C(=O)/C(=C/c1cc3oc(-c4ccc(OC)cc4)cc3o1)C2=O. The van der Waals surface area contributed by atoms with Gasteiger partial charge in [0.15, 0.2) is 22.7 Å². The number of allylic oxidation sites excluding steroid dienone is 1. The quantitative estimate of drug-likeness (QED) is 0.302. The van der Waals surface area contributed by atoms with E-state index in [1.807, 2.05) is 50.2 Å². The van der Waals surface area contributed by atoms with Crippen molar-refractivity contribution < 1.29 is 23.2 Å². The van der Waals surface area contributed by atoms with Crippen LogP contribution in [0, 0.1) is 6.92 Å². The van der Waals surface area contributed by atoms with Gasteiger partial charge in [0.25, 0.3) is 0 Å². The third-order valence-corrected chi connectivity index (χ3v) is 5.72. The van der Waals surface area contributed by atoms with Crippen molar-refractivity contribution in [3.63, 3.8) is 0 Å². The number of furan rings is 2. The Labute approximate surface area is 178 Å². The molecule has 0 bridgehead atoms. The zero-order chi connectivity index (χ0) is 21.7. The van der Waals surface area contributed by atoms with E-state index in [-0.39, 0.29) is 17.1 Å². The Morgan fingerprint density at radius 1 is 0.903 bits per heavy atom. The molecule has 0 spiro atoms. The molecule has 31 heavy (non-hydrogen) atoms. The average Bonchev–Trinajstić information content (AvgIpc) is 3.41. The first-order valence-corrected chi connectivity index (χ1v) is 10.1. The van der Waals surface area contributed by atoms with E-state index in [0.717, 1.165) is 28.9 Å². The summed E-state index contributed by atoms with van der Waals surface area (Å²) in [4.78, 5) is 25.7. The van der Waals surface area contributed by atoms with Crippen LogP contribution in [0.3, 0.4) is 0 Å². The van der Waals surface area contributed by atoms with E-state index in [2.05, 4.69) is 0 Å². The molecule has 2 aromatic heterocycles. The highest BCUT2D eigenvalue weighted by molar-refractivity contribution is 6.41. The predicted octanol–water partition coefficient (Wildman–Crippen LogP) is 6.03. The van der Waals surface area contributed by atoms with E-state index in [1.54, 1.807) is 19.2 Å². The monoisotopic (exact) mass is 412 g/mol. The van der Waals surface area contributed by atoms with Crippen molar-refractivity contribution in [1.29, 1.82) is 0 Å². The van der Waals surface area contributed by atoms with Crippen molar-refractivity contribution in [2.75, 3.05) is 7.11 Å². The highest BCUT2D eigenvalue weighted by Crippen LogP contribution is 2.34. The molecule has 0 radical (unpaired) electrons. The van der Waals surface area contributed by atoms with Crippen LogP contribution in [0.1, 0.15) is 44.5 Å². The number of aryl methyl sites for hydroxylation is 2. The van der Waals surface area contributed by atoms with Crippen molar-refractivity contribution in [2.24, 2.45) is 0 Å². The zero-order valence-corrected chi connectivity index (χ0v) is 17.4. The third kappa shape index (κ3) is 3.10. The van der Waals surface area contributed by atoms with Crippen molar-refractivity contribution in [2.45, 2.75) is 20.3 Å². The number of rotatable bonds is 4. The highest BCUT2D eigenvalue weighted by Gasteiger charge is 2.34. The molecule has 5 heteroatoms. The van der Waals surface area contributed by atoms with Crippen LogP contribution in [0.4, 0.5) is 0 Å². The second-order valence-electron chi connectivity index (χ2n) is 7.61. The Balaban J connectivity index is 1.48. The lowest BCUT2D eigenvalue weighted by molar-refractivity contribution is 0.0990. The van der Waals surface area contributed by atoms with Gasteiger partial charge in [-0.25, -0.2) is 0 Å². The number of benzene rings is 2. The lowest BCUT2D eigenvalue weighted by atomic mass is 9.99. The summed E-state index contributed by atoms with van der Waals surface area (Å²) >= 11 is 0. The number of carbonyl (C=O) groups excluding carboxylic acids is 2. The second-order valence-corrected chi connectivity index (χ2v) is 7.61. The summed E-state index contributed by atoms with van der Waals surface area (Å²) in [6.07, 6.45) is 2.32. The van der Waals surface area contributed by atoms with Crippen LogP contribution >= 0.6 is 0 Å². The molecule has 0 atom stereocenters. The maximum Gasteiger partial charge on any atom is 0.197 e. The third-order valence-electron chi connectivity index (χ3n) is 5.72. The Morgan fingerprint density at radius 2 is 1.58 bits per heavy atom. The standard InChI is InChI=1S/C26H20O5/c1-4-15-10-20-19(9-14(15)2)25(27)21(26(20)28)11-18-12-23-24(30-18)13-22(31-23)16-5-7-17(29-3)8-6-16/h5-13H,4H2,1-3H3/b21-11-. The van der Waals surface area contributed by atoms with E-state index in [1.165, 1.54) is 6.08 Å². The average molecular weight is 412 g/mol. The van der Waals surface area contributed by atoms with Gasteiger partial charge >= 0.3 is 0 Å². The number of methoxy groups -OCH3 is 1. The molecule has 4 aromatic rings. The van der Waals surface area contributed by atoms with Crippen LogP contribution in [0.5, 0.6) is 5.75 Å². The highest BCUT2D eigenvalue weighted by atomic mass is 16.5. The molecule has 5 nitrogen and oxygen atoms in total. The first-order chi connectivity index (χ1) is 15.0. The largest absolute Gasteiger partial charge is 0.497 e. The Kier molecular flexibility index (Phi) is 4.40. The van der Waals surface area contributed by atoms with Crippen LogP contribution < -0.4 is 4.74 Å². The summed E-state index contributed by atoms with van der Waals surface area (Å²) in [7, 11) is 1.62. The normalized spacial score (nSPS) is 14.6. The van der Waals surface area contributed by atoms with Crippen molar-refractivity contribution in [1.82, 2.24) is 0 Å². The minimum absolute atomic E-state index is 0.120. The molecule has 1 aliphatic carbocycles. The van der Waals surface area contributed by atoms with Crippen molar-refractivity contribution >= 4 is 28.8 Å². The van der Waals surface area contributed by atoms with Crippen LogP contribution in [-0.4, -0.2) is 18.7 Å².